The standard InChI is InChI=1S/C15H24N2O/c1-11-6-5-9-17(11)15(12(2)16)13-7-4-8-14(10-13)18-3/h4,7-8,10-12,15H,5-6,9,16H2,1-3H3. The van der Waals surface area contributed by atoms with Crippen molar-refractivity contribution in [2.45, 2.75) is 44.8 Å². The minimum absolute atomic E-state index is 0.123. The zero-order valence-corrected chi connectivity index (χ0v) is 11.6. The number of nitrogens with zero attached hydrogens (tertiary/aromatic N) is 1. The van der Waals surface area contributed by atoms with Gasteiger partial charge in [0.1, 0.15) is 5.75 Å². The summed E-state index contributed by atoms with van der Waals surface area (Å²) in [5.41, 5.74) is 7.48. The smallest absolute Gasteiger partial charge is 0.119 e. The lowest BCUT2D eigenvalue weighted by molar-refractivity contribution is 0.170. The molecule has 1 aliphatic heterocycles. The van der Waals surface area contributed by atoms with Gasteiger partial charge in [0.2, 0.25) is 0 Å². The minimum Gasteiger partial charge on any atom is -0.497 e. The zero-order chi connectivity index (χ0) is 13.1. The van der Waals surface area contributed by atoms with Crippen molar-refractivity contribution in [2.24, 2.45) is 5.73 Å². The van der Waals surface area contributed by atoms with Crippen molar-refractivity contribution in [3.05, 3.63) is 29.8 Å². The van der Waals surface area contributed by atoms with Gasteiger partial charge in [0.25, 0.3) is 0 Å². The zero-order valence-electron chi connectivity index (χ0n) is 11.6. The predicted octanol–water partition coefficient (Wildman–Crippen LogP) is 2.57. The number of rotatable bonds is 4. The van der Waals surface area contributed by atoms with Gasteiger partial charge in [-0.25, -0.2) is 0 Å². The molecule has 3 heteroatoms. The lowest BCUT2D eigenvalue weighted by Gasteiger charge is -2.34. The molecular formula is C15H24N2O. The lowest BCUT2D eigenvalue weighted by atomic mass is 9.98. The average molecular weight is 248 g/mol. The molecule has 2 N–H and O–H groups in total. The van der Waals surface area contributed by atoms with E-state index >= 15 is 0 Å². The van der Waals surface area contributed by atoms with Crippen molar-refractivity contribution in [2.75, 3.05) is 13.7 Å². The molecule has 1 fully saturated rings. The molecule has 1 aromatic carbocycles. The van der Waals surface area contributed by atoms with Crippen molar-refractivity contribution in [1.29, 1.82) is 0 Å². The Morgan fingerprint density at radius 3 is 2.78 bits per heavy atom. The summed E-state index contributed by atoms with van der Waals surface area (Å²) in [6.07, 6.45) is 2.54. The molecule has 3 nitrogen and oxygen atoms in total. The Hall–Kier alpha value is -1.06. The number of nitrogens with two attached hydrogens (primary N) is 1. The molecule has 1 aromatic rings. The topological polar surface area (TPSA) is 38.5 Å². The SMILES string of the molecule is COc1cccc(C(C(C)N)N2CCCC2C)c1. The van der Waals surface area contributed by atoms with Gasteiger partial charge in [-0.1, -0.05) is 12.1 Å². The number of methoxy groups -OCH3 is 1. The highest BCUT2D eigenvalue weighted by Gasteiger charge is 2.31. The minimum atomic E-state index is 0.123. The van der Waals surface area contributed by atoms with Gasteiger partial charge in [-0.05, 0) is 50.9 Å². The number of hydrogen-bond acceptors (Lipinski definition) is 3. The van der Waals surface area contributed by atoms with E-state index in [1.54, 1.807) is 7.11 Å². The summed E-state index contributed by atoms with van der Waals surface area (Å²) in [6.45, 7) is 5.53. The van der Waals surface area contributed by atoms with E-state index in [0.29, 0.717) is 6.04 Å². The largest absolute Gasteiger partial charge is 0.497 e. The van der Waals surface area contributed by atoms with Gasteiger partial charge in [0.05, 0.1) is 13.2 Å². The summed E-state index contributed by atoms with van der Waals surface area (Å²) in [4.78, 5) is 2.53. The summed E-state index contributed by atoms with van der Waals surface area (Å²) in [5, 5.41) is 0. The maximum absolute atomic E-state index is 6.22. The Labute approximate surface area is 110 Å². The van der Waals surface area contributed by atoms with Crippen molar-refractivity contribution in [1.82, 2.24) is 4.90 Å². The monoisotopic (exact) mass is 248 g/mol. The first-order valence-corrected chi connectivity index (χ1v) is 6.78. The molecular weight excluding hydrogens is 224 g/mol. The fourth-order valence-electron chi connectivity index (χ4n) is 2.99. The van der Waals surface area contributed by atoms with Gasteiger partial charge in [0.15, 0.2) is 0 Å². The van der Waals surface area contributed by atoms with E-state index in [1.807, 2.05) is 12.1 Å². The van der Waals surface area contributed by atoms with Gasteiger partial charge in [-0.15, -0.1) is 0 Å². The Bertz CT molecular complexity index is 392. The third-order valence-electron chi connectivity index (χ3n) is 3.90. The first-order valence-electron chi connectivity index (χ1n) is 6.78. The van der Waals surface area contributed by atoms with Crippen molar-refractivity contribution in [3.63, 3.8) is 0 Å². The van der Waals surface area contributed by atoms with Crippen molar-refractivity contribution >= 4 is 0 Å². The third kappa shape index (κ3) is 2.68. The summed E-state index contributed by atoms with van der Waals surface area (Å²) in [7, 11) is 1.71. The van der Waals surface area contributed by atoms with Crippen LogP contribution in [0.2, 0.25) is 0 Å². The first kappa shape index (κ1) is 13.4. The quantitative estimate of drug-likeness (QED) is 0.890. The van der Waals surface area contributed by atoms with E-state index in [0.717, 1.165) is 12.3 Å². The predicted molar refractivity (Wildman–Crippen MR) is 74.8 cm³/mol. The van der Waals surface area contributed by atoms with Crippen LogP contribution < -0.4 is 10.5 Å². The normalized spacial score (nSPS) is 23.9. The summed E-state index contributed by atoms with van der Waals surface area (Å²) in [6, 6.07) is 9.32. The van der Waals surface area contributed by atoms with Gasteiger partial charge < -0.3 is 10.5 Å². The second kappa shape index (κ2) is 5.72. The lowest BCUT2D eigenvalue weighted by Crippen LogP contribution is -2.41. The fraction of sp³-hybridized carbons (Fsp3) is 0.600. The Morgan fingerprint density at radius 1 is 1.44 bits per heavy atom. The molecule has 0 spiro atoms. The van der Waals surface area contributed by atoms with E-state index in [2.05, 4.69) is 30.9 Å². The van der Waals surface area contributed by atoms with Crippen LogP contribution in [-0.2, 0) is 0 Å². The van der Waals surface area contributed by atoms with Crippen LogP contribution in [0.15, 0.2) is 24.3 Å². The molecule has 18 heavy (non-hydrogen) atoms. The maximum Gasteiger partial charge on any atom is 0.119 e. The second-order valence-corrected chi connectivity index (χ2v) is 5.31. The summed E-state index contributed by atoms with van der Waals surface area (Å²) in [5.74, 6) is 0.907. The van der Waals surface area contributed by atoms with Gasteiger partial charge in [-0.2, -0.15) is 0 Å². The van der Waals surface area contributed by atoms with Crippen molar-refractivity contribution in [3.8, 4) is 5.75 Å². The van der Waals surface area contributed by atoms with Crippen molar-refractivity contribution < 1.29 is 4.74 Å². The van der Waals surface area contributed by atoms with Crippen LogP contribution >= 0.6 is 0 Å². The number of likely N-dealkylation sites (tertiary alicyclic amines) is 1. The van der Waals surface area contributed by atoms with Gasteiger partial charge in [-0.3, -0.25) is 4.90 Å². The number of ether oxygens (including phenoxy) is 1. The molecule has 2 rings (SSSR count). The van der Waals surface area contributed by atoms with Crippen LogP contribution in [0.3, 0.4) is 0 Å². The molecule has 3 unspecified atom stereocenters. The Balaban J connectivity index is 2.28. The molecule has 1 saturated heterocycles. The second-order valence-electron chi connectivity index (χ2n) is 5.31. The van der Waals surface area contributed by atoms with E-state index in [1.165, 1.54) is 18.4 Å². The van der Waals surface area contributed by atoms with Crippen LogP contribution in [0.25, 0.3) is 0 Å². The average Bonchev–Trinajstić information content (AvgIpc) is 2.76. The van der Waals surface area contributed by atoms with E-state index in [-0.39, 0.29) is 12.1 Å². The highest BCUT2D eigenvalue weighted by Crippen LogP contribution is 2.32. The van der Waals surface area contributed by atoms with Crippen LogP contribution in [0.5, 0.6) is 5.75 Å². The molecule has 100 valence electrons. The Morgan fingerprint density at radius 2 is 2.22 bits per heavy atom. The molecule has 0 bridgehead atoms. The van der Waals surface area contributed by atoms with E-state index in [9.17, 15) is 0 Å². The van der Waals surface area contributed by atoms with Gasteiger partial charge in [0, 0.05) is 12.1 Å². The molecule has 0 aliphatic carbocycles. The highest BCUT2D eigenvalue weighted by atomic mass is 16.5. The van der Waals surface area contributed by atoms with E-state index in [4.69, 9.17) is 10.5 Å². The van der Waals surface area contributed by atoms with Crippen LogP contribution in [-0.4, -0.2) is 30.6 Å². The molecule has 1 aliphatic rings. The molecule has 1 heterocycles. The highest BCUT2D eigenvalue weighted by molar-refractivity contribution is 5.31. The first-order chi connectivity index (χ1) is 8.63. The van der Waals surface area contributed by atoms with Crippen LogP contribution in [0.4, 0.5) is 0 Å². The van der Waals surface area contributed by atoms with Crippen LogP contribution in [0.1, 0.15) is 38.3 Å². The molecule has 3 atom stereocenters. The summed E-state index contributed by atoms with van der Waals surface area (Å²) >= 11 is 0. The third-order valence-corrected chi connectivity index (χ3v) is 3.90. The van der Waals surface area contributed by atoms with Crippen LogP contribution in [0, 0.1) is 0 Å². The molecule has 0 aromatic heterocycles. The summed E-state index contributed by atoms with van der Waals surface area (Å²) < 4.78 is 5.31. The number of benzene rings is 1. The maximum atomic E-state index is 6.22. The molecule has 0 amide bonds. The Kier molecular flexibility index (Phi) is 4.25. The fourth-order valence-corrected chi connectivity index (χ4v) is 2.99. The number of hydrogen-bond donors (Lipinski definition) is 1. The van der Waals surface area contributed by atoms with E-state index < -0.39 is 0 Å². The molecule has 0 saturated carbocycles. The van der Waals surface area contributed by atoms with Gasteiger partial charge >= 0.3 is 0 Å². The molecule has 0 radical (unpaired) electrons.